The first-order valence-corrected chi connectivity index (χ1v) is 5.11. The zero-order chi connectivity index (χ0) is 10.8. The number of aryl methyl sites for hydroxylation is 1. The second kappa shape index (κ2) is 3.81. The fraction of sp³-hybridized carbons (Fsp3) is 0.429. The van der Waals surface area contributed by atoms with Crippen molar-refractivity contribution in [2.45, 2.75) is 6.54 Å². The molecule has 0 radical (unpaired) electrons. The predicted octanol–water partition coefficient (Wildman–Crippen LogP) is -0.477. The van der Waals surface area contributed by atoms with E-state index in [2.05, 4.69) is 20.6 Å². The summed E-state index contributed by atoms with van der Waals surface area (Å²) in [4.78, 5) is 11.5. The largest absolute Gasteiger partial charge is 0.363 e. The summed E-state index contributed by atoms with van der Waals surface area (Å²) >= 11 is 1.40. The van der Waals surface area contributed by atoms with Gasteiger partial charge in [0.2, 0.25) is 5.13 Å². The molecule has 80 valence electrons. The van der Waals surface area contributed by atoms with Crippen molar-refractivity contribution in [1.29, 1.82) is 0 Å². The maximum atomic E-state index is 11.5. The average molecular weight is 226 g/mol. The molecule has 2 aromatic rings. The lowest BCUT2D eigenvalue weighted by molar-refractivity contribution is 0.640. The van der Waals surface area contributed by atoms with Gasteiger partial charge in [-0.1, -0.05) is 11.3 Å². The van der Waals surface area contributed by atoms with Crippen LogP contribution in [0.3, 0.4) is 0 Å². The van der Waals surface area contributed by atoms with E-state index in [1.54, 1.807) is 14.1 Å². The second-order valence-corrected chi connectivity index (χ2v) is 4.00. The third kappa shape index (κ3) is 1.89. The van der Waals surface area contributed by atoms with Crippen LogP contribution in [0, 0.1) is 0 Å². The molecular weight excluding hydrogens is 216 g/mol. The molecule has 0 amide bonds. The average Bonchev–Trinajstić information content (AvgIpc) is 2.80. The van der Waals surface area contributed by atoms with E-state index in [9.17, 15) is 4.79 Å². The molecule has 2 rings (SSSR count). The lowest BCUT2D eigenvalue weighted by Gasteiger charge is -1.92. The molecule has 7 nitrogen and oxygen atoms in total. The van der Waals surface area contributed by atoms with Gasteiger partial charge >= 0.3 is 5.69 Å². The van der Waals surface area contributed by atoms with E-state index in [0.717, 1.165) is 10.1 Å². The number of nitrogens with one attached hydrogen (secondary N) is 1. The molecule has 0 bridgehead atoms. The van der Waals surface area contributed by atoms with Crippen molar-refractivity contribution >= 4 is 16.5 Å². The summed E-state index contributed by atoms with van der Waals surface area (Å²) in [5.74, 6) is 0. The molecule has 0 saturated carbocycles. The molecule has 0 spiro atoms. The fourth-order valence-electron chi connectivity index (χ4n) is 1.08. The Kier molecular flexibility index (Phi) is 2.50. The molecule has 1 N–H and O–H groups in total. The summed E-state index contributed by atoms with van der Waals surface area (Å²) in [6.07, 6.45) is 1.47. The first-order chi connectivity index (χ1) is 7.20. The zero-order valence-electron chi connectivity index (χ0n) is 8.34. The molecular formula is C7H10N6OS. The lowest BCUT2D eigenvalue weighted by Crippen LogP contribution is -2.23. The SMILES string of the molecule is CNc1nnc(Cn2ncn(C)c2=O)s1. The van der Waals surface area contributed by atoms with Gasteiger partial charge in [0.15, 0.2) is 0 Å². The van der Waals surface area contributed by atoms with Gasteiger partial charge in [-0.15, -0.1) is 10.2 Å². The summed E-state index contributed by atoms with van der Waals surface area (Å²) in [7, 11) is 3.43. The van der Waals surface area contributed by atoms with Crippen LogP contribution in [0.2, 0.25) is 0 Å². The molecule has 0 unspecified atom stereocenters. The minimum absolute atomic E-state index is 0.156. The Morgan fingerprint density at radius 2 is 2.33 bits per heavy atom. The van der Waals surface area contributed by atoms with Crippen molar-refractivity contribution in [2.24, 2.45) is 7.05 Å². The van der Waals surface area contributed by atoms with Crippen molar-refractivity contribution < 1.29 is 0 Å². The van der Waals surface area contributed by atoms with Gasteiger partial charge in [0, 0.05) is 14.1 Å². The van der Waals surface area contributed by atoms with Gasteiger partial charge < -0.3 is 5.32 Å². The molecule has 2 aromatic heterocycles. The first kappa shape index (κ1) is 9.84. The fourth-order valence-corrected chi connectivity index (χ4v) is 1.75. The van der Waals surface area contributed by atoms with Gasteiger partial charge in [0.05, 0.1) is 0 Å². The molecule has 0 atom stereocenters. The van der Waals surface area contributed by atoms with E-state index in [0.29, 0.717) is 6.54 Å². The van der Waals surface area contributed by atoms with Gasteiger partial charge in [0.25, 0.3) is 0 Å². The quantitative estimate of drug-likeness (QED) is 0.765. The first-order valence-electron chi connectivity index (χ1n) is 4.29. The summed E-state index contributed by atoms with van der Waals surface area (Å²) in [5.41, 5.74) is -0.156. The normalized spacial score (nSPS) is 10.5. The van der Waals surface area contributed by atoms with Crippen LogP contribution in [0.4, 0.5) is 5.13 Å². The topological polar surface area (TPSA) is 77.6 Å². The molecule has 0 aliphatic rings. The standard InChI is InChI=1S/C7H10N6OS/c1-8-6-11-10-5(15-6)3-13-7(14)12(2)4-9-13/h4H,3H2,1-2H3,(H,8,11). The summed E-state index contributed by atoms with van der Waals surface area (Å²) in [6.45, 7) is 0.360. The maximum absolute atomic E-state index is 11.5. The van der Waals surface area contributed by atoms with Crippen molar-refractivity contribution in [2.75, 3.05) is 12.4 Å². The van der Waals surface area contributed by atoms with E-state index in [1.807, 2.05) is 0 Å². The maximum Gasteiger partial charge on any atom is 0.345 e. The number of anilines is 1. The molecule has 15 heavy (non-hydrogen) atoms. The Balaban J connectivity index is 2.22. The van der Waals surface area contributed by atoms with E-state index in [-0.39, 0.29) is 5.69 Å². The van der Waals surface area contributed by atoms with E-state index < -0.39 is 0 Å². The van der Waals surface area contributed by atoms with Crippen LogP contribution >= 0.6 is 11.3 Å². The summed E-state index contributed by atoms with van der Waals surface area (Å²) in [5, 5.41) is 16.1. The Morgan fingerprint density at radius 3 is 2.87 bits per heavy atom. The number of hydrogen-bond acceptors (Lipinski definition) is 6. The molecule has 8 heteroatoms. The third-order valence-corrected chi connectivity index (χ3v) is 2.78. The minimum Gasteiger partial charge on any atom is -0.363 e. The minimum atomic E-state index is -0.156. The highest BCUT2D eigenvalue weighted by Gasteiger charge is 2.07. The van der Waals surface area contributed by atoms with Crippen LogP contribution in [0.15, 0.2) is 11.1 Å². The lowest BCUT2D eigenvalue weighted by atomic mass is 10.7. The van der Waals surface area contributed by atoms with Crippen molar-refractivity contribution in [3.8, 4) is 0 Å². The molecule has 0 aliphatic carbocycles. The van der Waals surface area contributed by atoms with Crippen LogP contribution in [0.1, 0.15) is 5.01 Å². The molecule has 0 fully saturated rings. The monoisotopic (exact) mass is 226 g/mol. The van der Waals surface area contributed by atoms with Crippen molar-refractivity contribution in [1.82, 2.24) is 24.5 Å². The molecule has 0 saturated heterocycles. The van der Waals surface area contributed by atoms with Crippen LogP contribution in [0.5, 0.6) is 0 Å². The Morgan fingerprint density at radius 1 is 1.53 bits per heavy atom. The van der Waals surface area contributed by atoms with Crippen molar-refractivity contribution in [3.63, 3.8) is 0 Å². The zero-order valence-corrected chi connectivity index (χ0v) is 9.15. The van der Waals surface area contributed by atoms with Gasteiger partial charge in [-0.05, 0) is 0 Å². The van der Waals surface area contributed by atoms with E-state index in [1.165, 1.54) is 26.9 Å². The highest BCUT2D eigenvalue weighted by atomic mass is 32.1. The van der Waals surface area contributed by atoms with Crippen LogP contribution in [0.25, 0.3) is 0 Å². The number of nitrogens with zero attached hydrogens (tertiary/aromatic N) is 5. The van der Waals surface area contributed by atoms with Crippen LogP contribution in [-0.2, 0) is 13.6 Å². The number of rotatable bonds is 3. The second-order valence-electron chi connectivity index (χ2n) is 2.93. The third-order valence-electron chi connectivity index (χ3n) is 1.85. The smallest absolute Gasteiger partial charge is 0.345 e. The highest BCUT2D eigenvalue weighted by Crippen LogP contribution is 2.14. The van der Waals surface area contributed by atoms with E-state index in [4.69, 9.17) is 0 Å². The molecule has 0 aliphatic heterocycles. The van der Waals surface area contributed by atoms with Gasteiger partial charge in [-0.25, -0.2) is 9.48 Å². The number of aromatic nitrogens is 5. The number of hydrogen-bond donors (Lipinski definition) is 1. The Hall–Kier alpha value is -1.70. The van der Waals surface area contributed by atoms with Crippen LogP contribution in [-0.4, -0.2) is 31.6 Å². The van der Waals surface area contributed by atoms with Crippen molar-refractivity contribution in [3.05, 3.63) is 21.8 Å². The Labute approximate surface area is 89.4 Å². The molecule has 0 aromatic carbocycles. The molecule has 2 heterocycles. The van der Waals surface area contributed by atoms with Gasteiger partial charge in [-0.2, -0.15) is 5.10 Å². The summed E-state index contributed by atoms with van der Waals surface area (Å²) < 4.78 is 2.76. The van der Waals surface area contributed by atoms with Gasteiger partial charge in [-0.3, -0.25) is 4.57 Å². The predicted molar refractivity (Wildman–Crippen MR) is 56.0 cm³/mol. The van der Waals surface area contributed by atoms with E-state index >= 15 is 0 Å². The summed E-state index contributed by atoms with van der Waals surface area (Å²) in [6, 6.07) is 0. The van der Waals surface area contributed by atoms with Crippen LogP contribution < -0.4 is 11.0 Å². The Bertz CT molecular complexity index is 512. The van der Waals surface area contributed by atoms with Gasteiger partial charge in [0.1, 0.15) is 17.9 Å². The highest BCUT2D eigenvalue weighted by molar-refractivity contribution is 7.15.